The van der Waals surface area contributed by atoms with Crippen molar-refractivity contribution in [2.24, 2.45) is 0 Å². The number of nitrogens with one attached hydrogen (secondary N) is 1. The summed E-state index contributed by atoms with van der Waals surface area (Å²) in [6, 6.07) is 12.6. The fourth-order valence-electron chi connectivity index (χ4n) is 1.48. The second-order valence-electron chi connectivity index (χ2n) is 3.89. The van der Waals surface area contributed by atoms with E-state index in [0.717, 1.165) is 8.95 Å². The Labute approximate surface area is 138 Å². The van der Waals surface area contributed by atoms with Crippen LogP contribution in [0.2, 0.25) is 5.02 Å². The molecule has 0 saturated heterocycles. The third-order valence-electron chi connectivity index (χ3n) is 2.40. The van der Waals surface area contributed by atoms with Gasteiger partial charge in [0.2, 0.25) is 0 Å². The van der Waals surface area contributed by atoms with E-state index in [4.69, 9.17) is 16.3 Å². The number of carbonyl (C=O) groups excluding carboxylic acids is 1. The lowest BCUT2D eigenvalue weighted by Gasteiger charge is -2.10. The number of rotatable bonds is 4. The van der Waals surface area contributed by atoms with Crippen LogP contribution in [0.25, 0.3) is 0 Å². The van der Waals surface area contributed by atoms with E-state index in [9.17, 15) is 4.79 Å². The molecule has 0 radical (unpaired) electrons. The zero-order valence-electron chi connectivity index (χ0n) is 10.2. The quantitative estimate of drug-likeness (QED) is 0.767. The van der Waals surface area contributed by atoms with Gasteiger partial charge in [0, 0.05) is 4.47 Å². The molecule has 20 heavy (non-hydrogen) atoms. The Balaban J connectivity index is 1.94. The molecule has 0 aromatic heterocycles. The van der Waals surface area contributed by atoms with Crippen molar-refractivity contribution in [3.63, 3.8) is 0 Å². The zero-order chi connectivity index (χ0) is 14.5. The summed E-state index contributed by atoms with van der Waals surface area (Å²) in [7, 11) is 0. The predicted octanol–water partition coefficient (Wildman–Crippen LogP) is 4.88. The average Bonchev–Trinajstić information content (AvgIpc) is 2.41. The molecule has 1 amide bonds. The van der Waals surface area contributed by atoms with Crippen LogP contribution in [-0.4, -0.2) is 12.5 Å². The van der Waals surface area contributed by atoms with Gasteiger partial charge in [-0.1, -0.05) is 39.7 Å². The summed E-state index contributed by atoms with van der Waals surface area (Å²) < 4.78 is 7.08. The molecule has 2 aromatic rings. The lowest BCUT2D eigenvalue weighted by Crippen LogP contribution is -2.20. The fourth-order valence-corrected chi connectivity index (χ4v) is 2.60. The minimum atomic E-state index is -0.273. The van der Waals surface area contributed by atoms with E-state index in [1.54, 1.807) is 24.3 Å². The lowest BCUT2D eigenvalue weighted by atomic mass is 10.3. The summed E-state index contributed by atoms with van der Waals surface area (Å²) in [4.78, 5) is 11.8. The number of carbonyl (C=O) groups is 1. The van der Waals surface area contributed by atoms with Crippen molar-refractivity contribution in [3.05, 3.63) is 56.4 Å². The summed E-state index contributed by atoms with van der Waals surface area (Å²) in [5, 5.41) is 3.16. The largest absolute Gasteiger partial charge is 0.483 e. The van der Waals surface area contributed by atoms with Gasteiger partial charge < -0.3 is 10.1 Å². The van der Waals surface area contributed by atoms with Crippen molar-refractivity contribution < 1.29 is 9.53 Å². The van der Waals surface area contributed by atoms with Crippen LogP contribution >= 0.6 is 43.5 Å². The van der Waals surface area contributed by atoms with Crippen LogP contribution in [0, 0.1) is 0 Å². The highest BCUT2D eigenvalue weighted by molar-refractivity contribution is 9.10. The van der Waals surface area contributed by atoms with Gasteiger partial charge in [-0.25, -0.2) is 0 Å². The molecule has 0 atom stereocenters. The van der Waals surface area contributed by atoms with Crippen LogP contribution in [0.5, 0.6) is 5.75 Å². The summed E-state index contributed by atoms with van der Waals surface area (Å²) in [6.07, 6.45) is 0. The number of hydrogen-bond acceptors (Lipinski definition) is 2. The van der Waals surface area contributed by atoms with Gasteiger partial charge >= 0.3 is 0 Å². The number of amides is 1. The molecule has 0 fully saturated rings. The third kappa shape index (κ3) is 4.23. The van der Waals surface area contributed by atoms with Gasteiger partial charge in [-0.05, 0) is 46.3 Å². The molecule has 0 saturated carbocycles. The number of anilines is 1. The monoisotopic (exact) mass is 417 g/mol. The highest BCUT2D eigenvalue weighted by atomic mass is 79.9. The van der Waals surface area contributed by atoms with E-state index in [2.05, 4.69) is 37.2 Å². The molecule has 0 aliphatic carbocycles. The third-order valence-corrected chi connectivity index (χ3v) is 3.86. The highest BCUT2D eigenvalue weighted by Gasteiger charge is 2.08. The Morgan fingerprint density at radius 3 is 2.65 bits per heavy atom. The van der Waals surface area contributed by atoms with Gasteiger partial charge in [0.15, 0.2) is 6.61 Å². The van der Waals surface area contributed by atoms with Gasteiger partial charge in [0.25, 0.3) is 5.91 Å². The summed E-state index contributed by atoms with van der Waals surface area (Å²) >= 11 is 12.7. The predicted molar refractivity (Wildman–Crippen MR) is 87.4 cm³/mol. The maximum Gasteiger partial charge on any atom is 0.262 e. The molecule has 2 rings (SSSR count). The van der Waals surface area contributed by atoms with Crippen molar-refractivity contribution in [2.45, 2.75) is 0 Å². The maximum absolute atomic E-state index is 11.8. The molecule has 6 heteroatoms. The highest BCUT2D eigenvalue weighted by Crippen LogP contribution is 2.26. The van der Waals surface area contributed by atoms with Gasteiger partial charge in [-0.2, -0.15) is 0 Å². The van der Waals surface area contributed by atoms with E-state index in [-0.39, 0.29) is 12.5 Å². The molecular formula is C14H10Br2ClNO2. The molecule has 0 bridgehead atoms. The van der Waals surface area contributed by atoms with Crippen LogP contribution < -0.4 is 10.1 Å². The summed E-state index contributed by atoms with van der Waals surface area (Å²) in [5.41, 5.74) is 0.551. The first kappa shape index (κ1) is 15.4. The molecule has 0 aliphatic rings. The van der Waals surface area contributed by atoms with Gasteiger partial charge in [0.05, 0.1) is 15.2 Å². The Morgan fingerprint density at radius 2 is 1.95 bits per heavy atom. The molecule has 0 spiro atoms. The Bertz CT molecular complexity index is 634. The molecule has 3 nitrogen and oxygen atoms in total. The van der Waals surface area contributed by atoms with Gasteiger partial charge in [-0.15, -0.1) is 0 Å². The average molecular weight is 420 g/mol. The van der Waals surface area contributed by atoms with Crippen LogP contribution in [0.4, 0.5) is 5.69 Å². The van der Waals surface area contributed by atoms with Gasteiger partial charge in [0.1, 0.15) is 5.75 Å². The second-order valence-corrected chi connectivity index (χ2v) is 6.07. The topological polar surface area (TPSA) is 38.3 Å². The molecule has 0 aliphatic heterocycles. The Hall–Kier alpha value is -1.04. The molecule has 104 valence electrons. The molecule has 2 aromatic carbocycles. The second kappa shape index (κ2) is 7.11. The lowest BCUT2D eigenvalue weighted by molar-refractivity contribution is -0.118. The first-order valence-electron chi connectivity index (χ1n) is 5.68. The molecule has 0 unspecified atom stereocenters. The molecular weight excluding hydrogens is 409 g/mol. The van der Waals surface area contributed by atoms with Crippen molar-refractivity contribution in [2.75, 3.05) is 11.9 Å². The van der Waals surface area contributed by atoms with E-state index in [1.165, 1.54) is 0 Å². The fraction of sp³-hybridized carbons (Fsp3) is 0.0714. The standard InChI is InChI=1S/C14H10Br2ClNO2/c15-9-5-6-12(11(17)7-9)18-14(19)8-20-13-4-2-1-3-10(13)16/h1-7H,8H2,(H,18,19). The minimum Gasteiger partial charge on any atom is -0.483 e. The summed E-state index contributed by atoms with van der Waals surface area (Å²) in [6.45, 7) is -0.0883. The van der Waals surface area contributed by atoms with Gasteiger partial charge in [-0.3, -0.25) is 4.79 Å². The molecule has 1 N–H and O–H groups in total. The van der Waals surface area contributed by atoms with Crippen LogP contribution in [0.1, 0.15) is 0 Å². The van der Waals surface area contributed by atoms with Crippen molar-refractivity contribution in [1.82, 2.24) is 0 Å². The van der Waals surface area contributed by atoms with Crippen molar-refractivity contribution in [1.29, 1.82) is 0 Å². The van der Waals surface area contributed by atoms with E-state index in [0.29, 0.717) is 16.5 Å². The van der Waals surface area contributed by atoms with Crippen molar-refractivity contribution in [3.8, 4) is 5.75 Å². The van der Waals surface area contributed by atoms with Crippen molar-refractivity contribution >= 4 is 55.1 Å². The van der Waals surface area contributed by atoms with E-state index >= 15 is 0 Å². The maximum atomic E-state index is 11.8. The Kier molecular flexibility index (Phi) is 5.46. The minimum absolute atomic E-state index is 0.0883. The summed E-state index contributed by atoms with van der Waals surface area (Å²) in [5.74, 6) is 0.342. The zero-order valence-corrected chi connectivity index (χ0v) is 14.1. The van der Waals surface area contributed by atoms with Crippen LogP contribution in [0.3, 0.4) is 0 Å². The molecule has 0 heterocycles. The first-order chi connectivity index (χ1) is 9.56. The van der Waals surface area contributed by atoms with E-state index in [1.807, 2.05) is 18.2 Å². The number of halogens is 3. The number of benzene rings is 2. The van der Waals surface area contributed by atoms with E-state index < -0.39 is 0 Å². The normalized spacial score (nSPS) is 10.2. The number of ether oxygens (including phenoxy) is 1. The number of para-hydroxylation sites is 1. The van der Waals surface area contributed by atoms with Crippen LogP contribution in [-0.2, 0) is 4.79 Å². The number of hydrogen-bond donors (Lipinski definition) is 1. The Morgan fingerprint density at radius 1 is 1.20 bits per heavy atom. The smallest absolute Gasteiger partial charge is 0.262 e. The first-order valence-corrected chi connectivity index (χ1v) is 7.65. The van der Waals surface area contributed by atoms with Crippen LogP contribution in [0.15, 0.2) is 51.4 Å². The SMILES string of the molecule is O=C(COc1ccccc1Br)Nc1ccc(Br)cc1Cl.